The third-order valence-corrected chi connectivity index (χ3v) is 7.67. The number of ketones is 1. The fraction of sp³-hybridized carbons (Fsp3) is 0.217. The SMILES string of the molecule is COC(=O)C1Sc2ncnc(N3CC[C@H]3c3nn4ccc(Cl)c4c(=O)n3-c3ccccc3)c2C1=O. The first-order chi connectivity index (χ1) is 17.0. The molecular weight excluding hydrogens is 492 g/mol. The van der Waals surface area contributed by atoms with Gasteiger partial charge >= 0.3 is 5.97 Å². The highest BCUT2D eigenvalue weighted by atomic mass is 35.5. The van der Waals surface area contributed by atoms with Gasteiger partial charge in [-0.25, -0.2) is 14.5 Å². The summed E-state index contributed by atoms with van der Waals surface area (Å²) in [5, 5.41) is 4.48. The van der Waals surface area contributed by atoms with Crippen LogP contribution in [0, 0.1) is 0 Å². The molecule has 1 unspecified atom stereocenters. The largest absolute Gasteiger partial charge is 0.468 e. The van der Waals surface area contributed by atoms with E-state index in [0.717, 1.165) is 11.8 Å². The number of halogens is 1. The topological polar surface area (TPSA) is 112 Å². The van der Waals surface area contributed by atoms with Crippen LogP contribution in [0.15, 0.2) is 58.7 Å². The van der Waals surface area contributed by atoms with E-state index < -0.39 is 11.2 Å². The molecule has 0 radical (unpaired) electrons. The number of hydrogen-bond acceptors (Lipinski definition) is 9. The molecule has 10 nitrogen and oxygen atoms in total. The molecule has 2 aliphatic rings. The monoisotopic (exact) mass is 508 g/mol. The summed E-state index contributed by atoms with van der Waals surface area (Å²) < 4.78 is 7.81. The molecule has 2 aliphatic heterocycles. The number of anilines is 1. The first-order valence-corrected chi connectivity index (χ1v) is 12.0. The predicted octanol–water partition coefficient (Wildman–Crippen LogP) is 2.71. The quantitative estimate of drug-likeness (QED) is 0.233. The fourth-order valence-electron chi connectivity index (χ4n) is 4.44. The lowest BCUT2D eigenvalue weighted by Gasteiger charge is -2.42. The summed E-state index contributed by atoms with van der Waals surface area (Å²) in [6.45, 7) is 0.587. The number of methoxy groups -OCH3 is 1. The number of carbonyl (C=O) groups excluding carboxylic acids is 2. The number of benzene rings is 1. The highest BCUT2D eigenvalue weighted by molar-refractivity contribution is 8.02. The molecule has 0 bridgehead atoms. The maximum absolute atomic E-state index is 13.6. The number of nitrogens with zero attached hydrogens (tertiary/aromatic N) is 6. The highest BCUT2D eigenvalue weighted by Gasteiger charge is 2.45. The molecule has 0 aliphatic carbocycles. The number of para-hydroxylation sites is 1. The molecule has 0 spiro atoms. The van der Waals surface area contributed by atoms with Crippen molar-refractivity contribution in [2.45, 2.75) is 22.7 Å². The van der Waals surface area contributed by atoms with E-state index in [0.29, 0.717) is 40.3 Å². The summed E-state index contributed by atoms with van der Waals surface area (Å²) in [6, 6.07) is 10.5. The van der Waals surface area contributed by atoms with Gasteiger partial charge in [0, 0.05) is 12.7 Å². The van der Waals surface area contributed by atoms with Crippen molar-refractivity contribution in [1.29, 1.82) is 0 Å². The van der Waals surface area contributed by atoms with Gasteiger partial charge in [-0.1, -0.05) is 41.6 Å². The summed E-state index contributed by atoms with van der Waals surface area (Å²) in [6.07, 6.45) is 3.70. The second-order valence-corrected chi connectivity index (χ2v) is 9.55. The molecule has 35 heavy (non-hydrogen) atoms. The minimum atomic E-state index is -1.01. The molecule has 6 rings (SSSR count). The zero-order valence-corrected chi connectivity index (χ0v) is 19.9. The van der Waals surface area contributed by atoms with E-state index in [2.05, 4.69) is 9.97 Å². The average Bonchev–Trinajstić information content (AvgIpc) is 3.39. The molecule has 1 aromatic carbocycles. The zero-order chi connectivity index (χ0) is 24.3. The lowest BCUT2D eigenvalue weighted by molar-refractivity contribution is -0.138. The molecule has 5 heterocycles. The van der Waals surface area contributed by atoms with Crippen LogP contribution in [0.25, 0.3) is 11.2 Å². The molecule has 0 N–H and O–H groups in total. The van der Waals surface area contributed by atoms with Gasteiger partial charge in [-0.2, -0.15) is 5.10 Å². The van der Waals surface area contributed by atoms with E-state index in [9.17, 15) is 14.4 Å². The Balaban J connectivity index is 1.49. The van der Waals surface area contributed by atoms with Crippen molar-refractivity contribution < 1.29 is 14.3 Å². The molecule has 1 saturated heterocycles. The van der Waals surface area contributed by atoms with Crippen molar-refractivity contribution in [3.8, 4) is 5.69 Å². The molecule has 0 saturated carbocycles. The Labute approximate surface area is 207 Å². The normalized spacial score (nSPS) is 19.0. The number of thioether (sulfide) groups is 1. The minimum absolute atomic E-state index is 0.278. The molecular formula is C23H17ClN6O4S. The van der Waals surface area contributed by atoms with Gasteiger partial charge in [0.05, 0.1) is 29.4 Å². The van der Waals surface area contributed by atoms with Gasteiger partial charge in [-0.15, -0.1) is 0 Å². The van der Waals surface area contributed by atoms with Gasteiger partial charge < -0.3 is 9.64 Å². The number of esters is 1. The van der Waals surface area contributed by atoms with Crippen molar-refractivity contribution in [3.63, 3.8) is 0 Å². The Morgan fingerprint density at radius 2 is 1.97 bits per heavy atom. The summed E-state index contributed by atoms with van der Waals surface area (Å²) in [7, 11) is 1.25. The van der Waals surface area contributed by atoms with Crippen molar-refractivity contribution in [3.05, 3.63) is 75.7 Å². The molecule has 2 atom stereocenters. The summed E-state index contributed by atoms with van der Waals surface area (Å²) >= 11 is 7.35. The number of aromatic nitrogens is 5. The van der Waals surface area contributed by atoms with Crippen LogP contribution in [0.4, 0.5) is 5.82 Å². The standard InChI is InChI=1S/C23H17ClN6O4S/c1-34-23(33)18-17(31)15-20(25-11-26-21(15)35-18)28-9-8-14(28)19-27-29-10-7-13(24)16(29)22(32)30(19)12-5-3-2-4-6-12/h2-7,10-11,14,18H,8-9H2,1H3/t14-,18?/m0/s1. The van der Waals surface area contributed by atoms with Gasteiger partial charge in [0.2, 0.25) is 0 Å². The lowest BCUT2D eigenvalue weighted by Crippen LogP contribution is -2.46. The molecule has 0 amide bonds. The lowest BCUT2D eigenvalue weighted by atomic mass is 9.99. The predicted molar refractivity (Wildman–Crippen MR) is 129 cm³/mol. The van der Waals surface area contributed by atoms with Crippen molar-refractivity contribution in [2.24, 2.45) is 0 Å². The van der Waals surface area contributed by atoms with E-state index >= 15 is 0 Å². The van der Waals surface area contributed by atoms with Gasteiger partial charge in [-0.05, 0) is 24.6 Å². The van der Waals surface area contributed by atoms with Crippen LogP contribution in [0.1, 0.15) is 28.6 Å². The van der Waals surface area contributed by atoms with Crippen molar-refractivity contribution >= 4 is 46.4 Å². The average molecular weight is 509 g/mol. The van der Waals surface area contributed by atoms with Crippen LogP contribution >= 0.6 is 23.4 Å². The molecule has 1 fully saturated rings. The third-order valence-electron chi connectivity index (χ3n) is 6.19. The smallest absolute Gasteiger partial charge is 0.327 e. The van der Waals surface area contributed by atoms with Gasteiger partial charge in [0.15, 0.2) is 16.9 Å². The van der Waals surface area contributed by atoms with Gasteiger partial charge in [0.1, 0.15) is 22.7 Å². The molecule has 12 heteroatoms. The zero-order valence-electron chi connectivity index (χ0n) is 18.3. The Morgan fingerprint density at radius 1 is 1.17 bits per heavy atom. The maximum Gasteiger partial charge on any atom is 0.327 e. The summed E-state index contributed by atoms with van der Waals surface area (Å²) in [4.78, 5) is 49.3. The summed E-state index contributed by atoms with van der Waals surface area (Å²) in [5.74, 6) is -0.116. The van der Waals surface area contributed by atoms with Crippen molar-refractivity contribution in [1.82, 2.24) is 24.1 Å². The van der Waals surface area contributed by atoms with Crippen LogP contribution in [-0.2, 0) is 9.53 Å². The Hall–Kier alpha value is -3.70. The highest BCUT2D eigenvalue weighted by Crippen LogP contribution is 2.44. The molecule has 176 valence electrons. The maximum atomic E-state index is 13.6. The Kier molecular flexibility index (Phi) is 5.11. The van der Waals surface area contributed by atoms with Crippen LogP contribution in [0.5, 0.6) is 0 Å². The van der Waals surface area contributed by atoms with Crippen LogP contribution < -0.4 is 10.5 Å². The number of rotatable bonds is 4. The van der Waals surface area contributed by atoms with Crippen LogP contribution in [0.3, 0.4) is 0 Å². The second kappa shape index (κ2) is 8.21. The van der Waals surface area contributed by atoms with Crippen LogP contribution in [0.2, 0.25) is 5.02 Å². The number of carbonyl (C=O) groups is 2. The molecule has 4 aromatic rings. The minimum Gasteiger partial charge on any atom is -0.468 e. The van der Waals surface area contributed by atoms with Gasteiger partial charge in [0.25, 0.3) is 5.56 Å². The number of fused-ring (bicyclic) bond motifs is 2. The van der Waals surface area contributed by atoms with E-state index in [4.69, 9.17) is 21.4 Å². The van der Waals surface area contributed by atoms with E-state index in [1.54, 1.807) is 16.8 Å². The Morgan fingerprint density at radius 3 is 2.69 bits per heavy atom. The van der Waals surface area contributed by atoms with Crippen molar-refractivity contribution in [2.75, 3.05) is 18.6 Å². The Bertz CT molecular complexity index is 1570. The first kappa shape index (κ1) is 21.8. The van der Waals surface area contributed by atoms with E-state index in [1.807, 2.05) is 35.2 Å². The fourth-order valence-corrected chi connectivity index (χ4v) is 5.72. The van der Waals surface area contributed by atoms with Gasteiger partial charge in [-0.3, -0.25) is 19.0 Å². The van der Waals surface area contributed by atoms with Crippen LogP contribution in [-0.4, -0.2) is 54.8 Å². The summed E-state index contributed by atoms with van der Waals surface area (Å²) in [5.41, 5.74) is 0.919. The van der Waals surface area contributed by atoms with E-state index in [-0.39, 0.29) is 28.5 Å². The number of ether oxygens (including phenoxy) is 1. The molecule has 3 aromatic heterocycles. The second-order valence-electron chi connectivity index (χ2n) is 8.05. The third kappa shape index (κ3) is 3.26. The number of Topliss-reactive ketones (excluding diaryl/α,β-unsaturated/α-hetero) is 1. The number of hydrogen-bond donors (Lipinski definition) is 0. The van der Waals surface area contributed by atoms with E-state index in [1.165, 1.54) is 18.0 Å². The first-order valence-electron chi connectivity index (χ1n) is 10.7.